The fraction of sp³-hybridized carbons (Fsp3) is 0.450. The van der Waals surface area contributed by atoms with Gasteiger partial charge in [-0.2, -0.15) is 0 Å². The highest BCUT2D eigenvalue weighted by Crippen LogP contribution is 2.46. The molecule has 1 fully saturated rings. The summed E-state index contributed by atoms with van der Waals surface area (Å²) in [5.41, 5.74) is 10.6. The molecule has 2 aromatic rings. The van der Waals surface area contributed by atoms with E-state index in [2.05, 4.69) is 45.7 Å². The average Bonchev–Trinajstić information content (AvgIpc) is 3.31. The number of benzene rings is 1. The summed E-state index contributed by atoms with van der Waals surface area (Å²) in [4.78, 5) is 6.94. The molecule has 0 amide bonds. The van der Waals surface area contributed by atoms with Crippen LogP contribution in [0.1, 0.15) is 48.2 Å². The molecule has 1 unspecified atom stereocenters. The maximum atomic E-state index is 14.6. The quantitative estimate of drug-likeness (QED) is 0.762. The minimum Gasteiger partial charge on any atom is -0.399 e. The minimum atomic E-state index is -1.03. The number of nitrogens with zero attached hydrogens (tertiary/aromatic N) is 2. The molecule has 25 heavy (non-hydrogen) atoms. The molecule has 0 radical (unpaired) electrons. The van der Waals surface area contributed by atoms with Crippen molar-refractivity contribution in [1.29, 1.82) is 0 Å². The molecule has 1 aliphatic heterocycles. The summed E-state index contributed by atoms with van der Waals surface area (Å²) in [6, 6.07) is 8.33. The van der Waals surface area contributed by atoms with Crippen LogP contribution < -0.4 is 5.73 Å². The van der Waals surface area contributed by atoms with E-state index in [1.807, 2.05) is 24.4 Å². The Morgan fingerprint density at radius 3 is 2.72 bits per heavy atom. The highest BCUT2D eigenvalue weighted by molar-refractivity contribution is 9.10. The van der Waals surface area contributed by atoms with Gasteiger partial charge in [0, 0.05) is 28.9 Å². The van der Waals surface area contributed by atoms with Crippen molar-refractivity contribution in [3.8, 4) is 0 Å². The molecule has 2 N–H and O–H groups in total. The van der Waals surface area contributed by atoms with Gasteiger partial charge in [0.2, 0.25) is 0 Å². The zero-order chi connectivity index (χ0) is 17.8. The third kappa shape index (κ3) is 3.08. The number of hydrogen-bond acceptors (Lipinski definition) is 3. The second-order valence-corrected chi connectivity index (χ2v) is 8.44. The molecule has 1 aliphatic carbocycles. The van der Waals surface area contributed by atoms with E-state index in [0.29, 0.717) is 19.4 Å². The fourth-order valence-corrected chi connectivity index (χ4v) is 4.15. The summed E-state index contributed by atoms with van der Waals surface area (Å²) in [6.07, 6.45) is 4.06. The van der Waals surface area contributed by atoms with Crippen LogP contribution in [0.3, 0.4) is 0 Å². The van der Waals surface area contributed by atoms with Crippen LogP contribution in [-0.4, -0.2) is 28.1 Å². The Morgan fingerprint density at radius 2 is 2.08 bits per heavy atom. The van der Waals surface area contributed by atoms with Crippen LogP contribution in [0.2, 0.25) is 0 Å². The van der Waals surface area contributed by atoms with Crippen molar-refractivity contribution in [2.75, 3.05) is 12.3 Å². The van der Waals surface area contributed by atoms with Gasteiger partial charge in [0.1, 0.15) is 5.67 Å². The molecule has 2 aliphatic rings. The number of rotatable bonds is 3. The Balaban J connectivity index is 1.84. The van der Waals surface area contributed by atoms with Gasteiger partial charge in [0.25, 0.3) is 0 Å². The van der Waals surface area contributed by atoms with Gasteiger partial charge in [-0.25, -0.2) is 4.39 Å². The van der Waals surface area contributed by atoms with E-state index in [4.69, 9.17) is 5.73 Å². The molecule has 132 valence electrons. The lowest BCUT2D eigenvalue weighted by Crippen LogP contribution is -2.46. The molecule has 1 aromatic heterocycles. The number of nitrogen functional groups attached to an aromatic ring is 1. The molecule has 2 atom stereocenters. The van der Waals surface area contributed by atoms with E-state index in [-0.39, 0.29) is 12.1 Å². The van der Waals surface area contributed by atoms with E-state index >= 15 is 0 Å². The largest absolute Gasteiger partial charge is 0.399 e. The van der Waals surface area contributed by atoms with Gasteiger partial charge in [0.15, 0.2) is 0 Å². The normalized spacial score (nSPS) is 24.8. The Hall–Kier alpha value is -1.46. The molecular weight excluding hydrogens is 381 g/mol. The molecule has 1 saturated carbocycles. The smallest absolute Gasteiger partial charge is 0.124 e. The van der Waals surface area contributed by atoms with Crippen molar-refractivity contribution in [2.45, 2.75) is 50.9 Å². The van der Waals surface area contributed by atoms with Gasteiger partial charge in [-0.3, -0.25) is 9.88 Å². The highest BCUT2D eigenvalue weighted by Gasteiger charge is 2.48. The fourth-order valence-electron chi connectivity index (χ4n) is 3.92. The molecule has 3 nitrogen and oxygen atoms in total. The van der Waals surface area contributed by atoms with Crippen molar-refractivity contribution in [2.24, 2.45) is 0 Å². The van der Waals surface area contributed by atoms with E-state index in [0.717, 1.165) is 27.8 Å². The average molecular weight is 404 g/mol. The highest BCUT2D eigenvalue weighted by atomic mass is 79.9. The number of halogens is 2. The second-order valence-electron chi connectivity index (χ2n) is 7.53. The van der Waals surface area contributed by atoms with Crippen LogP contribution in [0.4, 0.5) is 10.1 Å². The molecule has 1 aromatic carbocycles. The predicted molar refractivity (Wildman–Crippen MR) is 102 cm³/mol. The molecule has 4 rings (SSSR count). The monoisotopic (exact) mass is 403 g/mol. The molecule has 5 heteroatoms. The van der Waals surface area contributed by atoms with Crippen molar-refractivity contribution in [3.63, 3.8) is 0 Å². The van der Waals surface area contributed by atoms with Gasteiger partial charge in [-0.1, -0.05) is 6.07 Å². The lowest BCUT2D eigenvalue weighted by Gasteiger charge is -2.43. The molecule has 2 heterocycles. The SMILES string of the molecule is Cc1c(N)ccc2c1C[C@@H](C)N(CC1(F)CC1)C2c1ccc(Br)cn1. The van der Waals surface area contributed by atoms with Crippen LogP contribution in [0.5, 0.6) is 0 Å². The maximum Gasteiger partial charge on any atom is 0.124 e. The number of fused-ring (bicyclic) bond motifs is 1. The third-order valence-electron chi connectivity index (χ3n) is 5.66. The van der Waals surface area contributed by atoms with Gasteiger partial charge >= 0.3 is 0 Å². The van der Waals surface area contributed by atoms with Gasteiger partial charge in [-0.05, 0) is 83.9 Å². The minimum absolute atomic E-state index is 0.0284. The van der Waals surface area contributed by atoms with Gasteiger partial charge in [0.05, 0.1) is 11.7 Å². The Bertz CT molecular complexity index is 801. The predicted octanol–water partition coefficient (Wildman–Crippen LogP) is 4.57. The first-order chi connectivity index (χ1) is 11.9. The standard InChI is InChI=1S/C20H23BrFN3/c1-12-9-16-13(2)17(23)5-4-15(16)19(18-6-3-14(21)10-24-18)25(12)11-20(22)7-8-20/h3-6,10,12,19H,7-9,11,23H2,1-2H3/t12-,19?/m1/s1. The number of anilines is 1. The zero-order valence-corrected chi connectivity index (χ0v) is 16.2. The summed E-state index contributed by atoms with van der Waals surface area (Å²) < 4.78 is 15.6. The number of aromatic nitrogens is 1. The first-order valence-corrected chi connectivity index (χ1v) is 9.61. The van der Waals surface area contributed by atoms with Crippen molar-refractivity contribution >= 4 is 21.6 Å². The summed E-state index contributed by atoms with van der Waals surface area (Å²) in [7, 11) is 0. The number of alkyl halides is 1. The summed E-state index contributed by atoms with van der Waals surface area (Å²) in [5, 5.41) is 0. The first kappa shape index (κ1) is 17.0. The molecular formula is C20H23BrFN3. The summed E-state index contributed by atoms with van der Waals surface area (Å²) >= 11 is 3.46. The van der Waals surface area contributed by atoms with Crippen LogP contribution in [0, 0.1) is 6.92 Å². The van der Waals surface area contributed by atoms with Crippen LogP contribution in [0.15, 0.2) is 34.9 Å². The lowest BCUT2D eigenvalue weighted by atomic mass is 9.83. The van der Waals surface area contributed by atoms with Crippen molar-refractivity contribution in [1.82, 2.24) is 9.88 Å². The maximum absolute atomic E-state index is 14.6. The molecule has 0 spiro atoms. The summed E-state index contributed by atoms with van der Waals surface area (Å²) in [5.74, 6) is 0. The number of hydrogen-bond donors (Lipinski definition) is 1. The summed E-state index contributed by atoms with van der Waals surface area (Å²) in [6.45, 7) is 4.74. The molecule has 0 bridgehead atoms. The van der Waals surface area contributed by atoms with E-state index in [1.165, 1.54) is 11.1 Å². The van der Waals surface area contributed by atoms with Crippen LogP contribution >= 0.6 is 15.9 Å². The number of pyridine rings is 1. The third-order valence-corrected chi connectivity index (χ3v) is 6.13. The zero-order valence-electron chi connectivity index (χ0n) is 14.6. The Kier molecular flexibility index (Phi) is 4.12. The topological polar surface area (TPSA) is 42.1 Å². The first-order valence-electron chi connectivity index (χ1n) is 8.82. The van der Waals surface area contributed by atoms with Gasteiger partial charge < -0.3 is 5.73 Å². The van der Waals surface area contributed by atoms with Crippen LogP contribution in [0.25, 0.3) is 0 Å². The van der Waals surface area contributed by atoms with E-state index in [9.17, 15) is 4.39 Å². The van der Waals surface area contributed by atoms with Crippen LogP contribution in [-0.2, 0) is 6.42 Å². The van der Waals surface area contributed by atoms with Crippen molar-refractivity contribution < 1.29 is 4.39 Å². The number of nitrogens with two attached hydrogens (primary N) is 1. The molecule has 0 saturated heterocycles. The Labute approximate surface area is 156 Å². The van der Waals surface area contributed by atoms with Gasteiger partial charge in [-0.15, -0.1) is 0 Å². The van der Waals surface area contributed by atoms with Crippen molar-refractivity contribution in [3.05, 3.63) is 57.3 Å². The lowest BCUT2D eigenvalue weighted by molar-refractivity contribution is 0.0963. The van der Waals surface area contributed by atoms with E-state index in [1.54, 1.807) is 0 Å². The van der Waals surface area contributed by atoms with E-state index < -0.39 is 5.67 Å². The second kappa shape index (κ2) is 6.06. The Morgan fingerprint density at radius 1 is 1.32 bits per heavy atom.